The van der Waals surface area contributed by atoms with E-state index in [1.165, 1.54) is 12.8 Å². The van der Waals surface area contributed by atoms with Crippen molar-refractivity contribution in [3.63, 3.8) is 0 Å². The number of aromatic nitrogens is 2. The normalized spacial score (nSPS) is 18.4. The summed E-state index contributed by atoms with van der Waals surface area (Å²) in [5.74, 6) is 2.76. The van der Waals surface area contributed by atoms with Gasteiger partial charge in [-0.15, -0.1) is 0 Å². The third-order valence-electron chi connectivity index (χ3n) is 2.74. The third-order valence-corrected chi connectivity index (χ3v) is 2.74. The molecule has 0 saturated heterocycles. The first-order chi connectivity index (χ1) is 7.15. The van der Waals surface area contributed by atoms with Crippen molar-refractivity contribution in [3.8, 4) is 0 Å². The minimum absolute atomic E-state index is 0.206. The maximum atomic E-state index is 5.99. The van der Waals surface area contributed by atoms with Gasteiger partial charge in [-0.3, -0.25) is 0 Å². The third kappa shape index (κ3) is 3.02. The maximum absolute atomic E-state index is 5.99. The molecular formula is C11H19N3O. The Kier molecular flexibility index (Phi) is 3.05. The van der Waals surface area contributed by atoms with Crippen LogP contribution in [0.1, 0.15) is 38.4 Å². The molecule has 0 spiro atoms. The Morgan fingerprint density at radius 2 is 2.13 bits per heavy atom. The van der Waals surface area contributed by atoms with Crippen molar-refractivity contribution in [1.29, 1.82) is 0 Å². The molecule has 1 aliphatic carbocycles. The molecule has 1 aromatic heterocycles. The molecule has 4 heteroatoms. The van der Waals surface area contributed by atoms with Crippen LogP contribution in [0, 0.1) is 11.8 Å². The van der Waals surface area contributed by atoms with E-state index in [4.69, 9.17) is 10.3 Å². The lowest BCUT2D eigenvalue weighted by molar-refractivity contribution is 0.357. The Hall–Kier alpha value is -0.900. The molecular weight excluding hydrogens is 190 g/mol. The maximum Gasteiger partial charge on any atom is 0.228 e. The van der Waals surface area contributed by atoms with E-state index in [1.807, 2.05) is 0 Å². The Morgan fingerprint density at radius 1 is 1.40 bits per heavy atom. The number of nitrogens with two attached hydrogens (primary N) is 1. The quantitative estimate of drug-likeness (QED) is 0.799. The highest BCUT2D eigenvalue weighted by Crippen LogP contribution is 2.32. The lowest BCUT2D eigenvalue weighted by atomic mass is 10.1. The van der Waals surface area contributed by atoms with Gasteiger partial charge in [0.25, 0.3) is 0 Å². The van der Waals surface area contributed by atoms with Crippen LogP contribution < -0.4 is 5.73 Å². The van der Waals surface area contributed by atoms with E-state index in [0.717, 1.165) is 18.7 Å². The van der Waals surface area contributed by atoms with Crippen LogP contribution in [0.4, 0.5) is 0 Å². The molecule has 1 aliphatic rings. The molecule has 0 amide bonds. The van der Waals surface area contributed by atoms with Crippen molar-refractivity contribution < 1.29 is 4.52 Å². The summed E-state index contributed by atoms with van der Waals surface area (Å²) in [4.78, 5) is 4.34. The summed E-state index contributed by atoms with van der Waals surface area (Å²) in [6, 6.07) is 0.206. The standard InChI is InChI=1S/C11H19N3O/c1-7(2)5-10-13-11(15-14-10)6-9(12)8-3-4-8/h7-9H,3-6,12H2,1-2H3. The highest BCUT2D eigenvalue weighted by atomic mass is 16.5. The molecule has 0 bridgehead atoms. The average Bonchev–Trinajstić information content (AvgIpc) is 2.90. The number of rotatable bonds is 5. The summed E-state index contributed by atoms with van der Waals surface area (Å²) in [6.07, 6.45) is 4.13. The van der Waals surface area contributed by atoms with E-state index in [2.05, 4.69) is 24.0 Å². The van der Waals surface area contributed by atoms with Crippen LogP contribution >= 0.6 is 0 Å². The zero-order valence-corrected chi connectivity index (χ0v) is 9.44. The molecule has 4 nitrogen and oxygen atoms in total. The van der Waals surface area contributed by atoms with Crippen molar-refractivity contribution in [3.05, 3.63) is 11.7 Å². The second kappa shape index (κ2) is 4.31. The zero-order valence-electron chi connectivity index (χ0n) is 9.44. The summed E-state index contributed by atoms with van der Waals surface area (Å²) >= 11 is 0. The van der Waals surface area contributed by atoms with Gasteiger partial charge >= 0.3 is 0 Å². The second-order valence-corrected chi connectivity index (χ2v) is 4.91. The molecule has 2 rings (SSSR count). The minimum Gasteiger partial charge on any atom is -0.339 e. The van der Waals surface area contributed by atoms with Gasteiger partial charge in [0.05, 0.1) is 0 Å². The van der Waals surface area contributed by atoms with Gasteiger partial charge in [-0.2, -0.15) is 4.98 Å². The van der Waals surface area contributed by atoms with Crippen LogP contribution in [-0.2, 0) is 12.8 Å². The average molecular weight is 209 g/mol. The van der Waals surface area contributed by atoms with E-state index in [-0.39, 0.29) is 6.04 Å². The van der Waals surface area contributed by atoms with Crippen LogP contribution in [0.5, 0.6) is 0 Å². The van der Waals surface area contributed by atoms with Crippen LogP contribution in [0.2, 0.25) is 0 Å². The van der Waals surface area contributed by atoms with E-state index in [9.17, 15) is 0 Å². The molecule has 1 saturated carbocycles. The topological polar surface area (TPSA) is 64.9 Å². The molecule has 0 radical (unpaired) electrons. The molecule has 1 aromatic rings. The van der Waals surface area contributed by atoms with Crippen LogP contribution in [-0.4, -0.2) is 16.2 Å². The highest BCUT2D eigenvalue weighted by Gasteiger charge is 2.29. The van der Waals surface area contributed by atoms with Gasteiger partial charge in [-0.05, 0) is 24.7 Å². The summed E-state index contributed by atoms with van der Waals surface area (Å²) in [5, 5.41) is 3.95. The van der Waals surface area contributed by atoms with Gasteiger partial charge in [0, 0.05) is 18.9 Å². The first-order valence-corrected chi connectivity index (χ1v) is 5.72. The van der Waals surface area contributed by atoms with Crippen molar-refractivity contribution >= 4 is 0 Å². The van der Waals surface area contributed by atoms with Crippen LogP contribution in [0.25, 0.3) is 0 Å². The first kappa shape index (κ1) is 10.6. The lowest BCUT2D eigenvalue weighted by Gasteiger charge is -2.04. The van der Waals surface area contributed by atoms with Gasteiger partial charge in [0.2, 0.25) is 5.89 Å². The number of hydrogen-bond donors (Lipinski definition) is 1. The van der Waals surface area contributed by atoms with Gasteiger partial charge in [-0.1, -0.05) is 19.0 Å². The Bertz CT molecular complexity index is 317. The largest absolute Gasteiger partial charge is 0.339 e. The molecule has 0 aromatic carbocycles. The van der Waals surface area contributed by atoms with E-state index in [0.29, 0.717) is 17.7 Å². The van der Waals surface area contributed by atoms with Gasteiger partial charge in [0.15, 0.2) is 5.82 Å². The molecule has 1 unspecified atom stereocenters. The van der Waals surface area contributed by atoms with Gasteiger partial charge in [-0.25, -0.2) is 0 Å². The van der Waals surface area contributed by atoms with Crippen molar-refractivity contribution in [2.75, 3.05) is 0 Å². The fraction of sp³-hybridized carbons (Fsp3) is 0.818. The first-order valence-electron chi connectivity index (χ1n) is 5.72. The summed E-state index contributed by atoms with van der Waals surface area (Å²) in [6.45, 7) is 4.29. The zero-order chi connectivity index (χ0) is 10.8. The molecule has 0 aliphatic heterocycles. The van der Waals surface area contributed by atoms with E-state index < -0.39 is 0 Å². The Morgan fingerprint density at radius 3 is 2.73 bits per heavy atom. The van der Waals surface area contributed by atoms with Crippen molar-refractivity contribution in [2.45, 2.75) is 45.6 Å². The molecule has 15 heavy (non-hydrogen) atoms. The van der Waals surface area contributed by atoms with Gasteiger partial charge < -0.3 is 10.3 Å². The predicted octanol–water partition coefficient (Wildman–Crippen LogP) is 1.55. The Labute approximate surface area is 90.2 Å². The van der Waals surface area contributed by atoms with E-state index in [1.54, 1.807) is 0 Å². The van der Waals surface area contributed by atoms with Crippen LogP contribution in [0.3, 0.4) is 0 Å². The molecule has 1 atom stereocenters. The SMILES string of the molecule is CC(C)Cc1noc(CC(N)C2CC2)n1. The summed E-state index contributed by atoms with van der Waals surface area (Å²) in [7, 11) is 0. The molecule has 1 fully saturated rings. The summed E-state index contributed by atoms with van der Waals surface area (Å²) < 4.78 is 5.17. The summed E-state index contributed by atoms with van der Waals surface area (Å²) in [5.41, 5.74) is 5.99. The van der Waals surface area contributed by atoms with Crippen LogP contribution in [0.15, 0.2) is 4.52 Å². The minimum atomic E-state index is 0.206. The lowest BCUT2D eigenvalue weighted by Crippen LogP contribution is -2.25. The fourth-order valence-electron chi connectivity index (χ4n) is 1.71. The second-order valence-electron chi connectivity index (χ2n) is 4.91. The predicted molar refractivity (Wildman–Crippen MR) is 57.2 cm³/mol. The monoisotopic (exact) mass is 209 g/mol. The molecule has 2 N–H and O–H groups in total. The van der Waals surface area contributed by atoms with Crippen molar-refractivity contribution in [2.24, 2.45) is 17.6 Å². The van der Waals surface area contributed by atoms with Crippen molar-refractivity contribution in [1.82, 2.24) is 10.1 Å². The molecule has 84 valence electrons. The Balaban J connectivity index is 1.88. The van der Waals surface area contributed by atoms with E-state index >= 15 is 0 Å². The number of hydrogen-bond acceptors (Lipinski definition) is 4. The smallest absolute Gasteiger partial charge is 0.228 e. The molecule has 1 heterocycles. The highest BCUT2D eigenvalue weighted by molar-refractivity contribution is 4.94. The number of nitrogens with zero attached hydrogens (tertiary/aromatic N) is 2. The van der Waals surface area contributed by atoms with Gasteiger partial charge in [0.1, 0.15) is 0 Å². The fourth-order valence-corrected chi connectivity index (χ4v) is 1.71.